The van der Waals surface area contributed by atoms with E-state index in [4.69, 9.17) is 34.8 Å². The van der Waals surface area contributed by atoms with Gasteiger partial charge in [-0.1, -0.05) is 39.1 Å². The van der Waals surface area contributed by atoms with E-state index >= 15 is 0 Å². The highest BCUT2D eigenvalue weighted by Gasteiger charge is 2.07. The quantitative estimate of drug-likeness (QED) is 0.528. The van der Waals surface area contributed by atoms with Crippen LogP contribution in [-0.4, -0.2) is 4.98 Å². The van der Waals surface area contributed by atoms with Crippen molar-refractivity contribution in [2.24, 2.45) is 0 Å². The van der Waals surface area contributed by atoms with Crippen LogP contribution in [0.15, 0.2) is 22.7 Å². The monoisotopic (exact) mass is 323 g/mol. The van der Waals surface area contributed by atoms with Crippen LogP contribution in [-0.2, 0) is 5.88 Å². The molecule has 0 atom stereocenters. The number of hydrogen-bond donors (Lipinski definition) is 0. The minimum Gasteiger partial charge on any atom is -0.234 e. The number of nitrogens with zero attached hydrogens (tertiary/aromatic N) is 1. The molecule has 0 fully saturated rings. The third-order valence-corrected chi connectivity index (χ3v) is 3.37. The molecule has 0 saturated heterocycles. The molecule has 0 amide bonds. The molecule has 0 aliphatic carbocycles. The summed E-state index contributed by atoms with van der Waals surface area (Å²) in [5.41, 5.74) is 1.50. The van der Waals surface area contributed by atoms with Crippen LogP contribution in [0.25, 0.3) is 10.9 Å². The highest BCUT2D eigenvalue weighted by Crippen LogP contribution is 2.30. The smallest absolute Gasteiger partial charge is 0.134 e. The van der Waals surface area contributed by atoms with Crippen molar-refractivity contribution in [2.45, 2.75) is 5.88 Å². The molecule has 2 rings (SSSR count). The second kappa shape index (κ2) is 4.46. The fourth-order valence-corrected chi connectivity index (χ4v) is 2.68. The number of aromatic nitrogens is 1. The molecule has 1 aromatic carbocycles. The van der Waals surface area contributed by atoms with Gasteiger partial charge in [-0.15, -0.1) is 11.6 Å². The molecule has 1 aromatic heterocycles. The molecule has 2 aromatic rings. The van der Waals surface area contributed by atoms with Crippen LogP contribution in [0.2, 0.25) is 10.2 Å². The minimum absolute atomic E-state index is 0.339. The number of benzene rings is 1. The molecule has 0 aliphatic heterocycles. The van der Waals surface area contributed by atoms with Gasteiger partial charge in [0.15, 0.2) is 0 Å². The predicted octanol–water partition coefficient (Wildman–Crippen LogP) is 5.04. The van der Waals surface area contributed by atoms with Crippen LogP contribution in [0.3, 0.4) is 0 Å². The van der Waals surface area contributed by atoms with Gasteiger partial charge in [-0.2, -0.15) is 0 Å². The Bertz CT molecular complexity index is 528. The van der Waals surface area contributed by atoms with Crippen molar-refractivity contribution in [2.75, 3.05) is 0 Å². The number of rotatable bonds is 1. The average molecular weight is 325 g/mol. The van der Waals surface area contributed by atoms with Crippen molar-refractivity contribution in [1.29, 1.82) is 0 Å². The summed E-state index contributed by atoms with van der Waals surface area (Å²) < 4.78 is 0.907. The van der Waals surface area contributed by atoms with Crippen LogP contribution in [0.5, 0.6) is 0 Å². The van der Waals surface area contributed by atoms with E-state index in [1.807, 2.05) is 12.1 Å². The Kier molecular flexibility index (Phi) is 3.41. The zero-order valence-corrected chi connectivity index (χ0v) is 11.3. The van der Waals surface area contributed by atoms with Gasteiger partial charge in [0.25, 0.3) is 0 Å². The molecule has 1 nitrogen and oxygen atoms in total. The van der Waals surface area contributed by atoms with Gasteiger partial charge in [0, 0.05) is 15.4 Å². The molecule has 0 bridgehead atoms. The van der Waals surface area contributed by atoms with E-state index in [9.17, 15) is 0 Å². The lowest BCUT2D eigenvalue weighted by Crippen LogP contribution is -1.88. The Balaban J connectivity index is 2.81. The van der Waals surface area contributed by atoms with Crippen molar-refractivity contribution in [3.05, 3.63) is 38.4 Å². The summed E-state index contributed by atoms with van der Waals surface area (Å²) in [5.74, 6) is 0.339. The maximum atomic E-state index is 6.05. The first kappa shape index (κ1) is 11.5. The van der Waals surface area contributed by atoms with Crippen molar-refractivity contribution in [3.8, 4) is 0 Å². The van der Waals surface area contributed by atoms with Crippen LogP contribution in [0, 0.1) is 0 Å². The van der Waals surface area contributed by atoms with E-state index in [1.165, 1.54) is 0 Å². The summed E-state index contributed by atoms with van der Waals surface area (Å²) in [5, 5.41) is 1.90. The Morgan fingerprint density at radius 1 is 1.20 bits per heavy atom. The molecule has 15 heavy (non-hydrogen) atoms. The molecule has 0 aliphatic rings. The van der Waals surface area contributed by atoms with E-state index < -0.39 is 0 Å². The zero-order valence-electron chi connectivity index (χ0n) is 7.40. The first-order valence-corrected chi connectivity index (χ1v) is 6.20. The summed E-state index contributed by atoms with van der Waals surface area (Å²) in [6, 6.07) is 5.61. The lowest BCUT2D eigenvalue weighted by Gasteiger charge is -2.05. The predicted molar refractivity (Wildman–Crippen MR) is 69.0 cm³/mol. The van der Waals surface area contributed by atoms with E-state index in [1.54, 1.807) is 6.07 Å². The first-order valence-electron chi connectivity index (χ1n) is 4.12. The standard InChI is InChI=1S/C10H5BrCl3N/c11-7-2-5-1-6(4-12)10(14)15-9(5)8(13)3-7/h1-3H,4H2. The molecule has 5 heteroatoms. The lowest BCUT2D eigenvalue weighted by atomic mass is 10.2. The third-order valence-electron chi connectivity index (χ3n) is 2.01. The molecule has 78 valence electrons. The number of fused-ring (bicyclic) bond motifs is 1. The van der Waals surface area contributed by atoms with E-state index in [2.05, 4.69) is 20.9 Å². The number of halogens is 4. The van der Waals surface area contributed by atoms with Gasteiger partial charge in [-0.05, 0) is 18.2 Å². The average Bonchev–Trinajstić information content (AvgIpc) is 2.18. The maximum Gasteiger partial charge on any atom is 0.134 e. The molecule has 0 N–H and O–H groups in total. The largest absolute Gasteiger partial charge is 0.234 e. The topological polar surface area (TPSA) is 12.9 Å². The van der Waals surface area contributed by atoms with Crippen molar-refractivity contribution < 1.29 is 0 Å². The van der Waals surface area contributed by atoms with Gasteiger partial charge in [0.1, 0.15) is 5.15 Å². The van der Waals surface area contributed by atoms with E-state index in [0.717, 1.165) is 15.4 Å². The highest BCUT2D eigenvalue weighted by molar-refractivity contribution is 9.10. The second-order valence-corrected chi connectivity index (χ2v) is 4.98. The molecule has 1 heterocycles. The van der Waals surface area contributed by atoms with E-state index in [0.29, 0.717) is 21.6 Å². The Morgan fingerprint density at radius 3 is 2.60 bits per heavy atom. The van der Waals surface area contributed by atoms with Gasteiger partial charge in [0.2, 0.25) is 0 Å². The van der Waals surface area contributed by atoms with Crippen LogP contribution >= 0.6 is 50.7 Å². The summed E-state index contributed by atoms with van der Waals surface area (Å²) >= 11 is 21.1. The number of pyridine rings is 1. The fourth-order valence-electron chi connectivity index (χ4n) is 1.32. The molecule has 0 radical (unpaired) electrons. The Hall–Kier alpha value is -0.0200. The summed E-state index contributed by atoms with van der Waals surface area (Å²) in [7, 11) is 0. The van der Waals surface area contributed by atoms with Gasteiger partial charge >= 0.3 is 0 Å². The fraction of sp³-hybridized carbons (Fsp3) is 0.100. The molecule has 0 spiro atoms. The lowest BCUT2D eigenvalue weighted by molar-refractivity contribution is 1.30. The maximum absolute atomic E-state index is 6.05. The van der Waals surface area contributed by atoms with Crippen LogP contribution in [0.1, 0.15) is 5.56 Å². The highest BCUT2D eigenvalue weighted by atomic mass is 79.9. The van der Waals surface area contributed by atoms with Crippen LogP contribution in [0.4, 0.5) is 0 Å². The second-order valence-electron chi connectivity index (χ2n) is 3.03. The molecule has 0 saturated carbocycles. The number of hydrogen-bond acceptors (Lipinski definition) is 1. The summed E-state index contributed by atoms with van der Waals surface area (Å²) in [4.78, 5) is 4.22. The Labute approximate surface area is 110 Å². The van der Waals surface area contributed by atoms with Gasteiger partial charge in [0.05, 0.1) is 16.4 Å². The minimum atomic E-state index is 0.339. The van der Waals surface area contributed by atoms with Gasteiger partial charge in [-0.3, -0.25) is 0 Å². The SMILES string of the molecule is ClCc1cc2cc(Br)cc(Cl)c2nc1Cl. The van der Waals surface area contributed by atoms with Crippen molar-refractivity contribution >= 4 is 61.6 Å². The van der Waals surface area contributed by atoms with Gasteiger partial charge < -0.3 is 0 Å². The first-order chi connectivity index (χ1) is 7.11. The van der Waals surface area contributed by atoms with Crippen molar-refractivity contribution in [3.63, 3.8) is 0 Å². The normalized spacial score (nSPS) is 10.9. The third kappa shape index (κ3) is 2.23. The summed E-state index contributed by atoms with van der Waals surface area (Å²) in [6.07, 6.45) is 0. The molecular formula is C10H5BrCl3N. The Morgan fingerprint density at radius 2 is 1.93 bits per heavy atom. The van der Waals surface area contributed by atoms with Gasteiger partial charge in [-0.25, -0.2) is 4.98 Å². The zero-order chi connectivity index (χ0) is 11.0. The summed E-state index contributed by atoms with van der Waals surface area (Å²) in [6.45, 7) is 0. The van der Waals surface area contributed by atoms with Crippen molar-refractivity contribution in [1.82, 2.24) is 4.98 Å². The number of alkyl halides is 1. The van der Waals surface area contributed by atoms with E-state index in [-0.39, 0.29) is 0 Å². The molecule has 0 unspecified atom stereocenters. The molecular weight excluding hydrogens is 320 g/mol. The van der Waals surface area contributed by atoms with Crippen LogP contribution < -0.4 is 0 Å².